The molecule has 4 atom stereocenters. The average molecular weight is 509 g/mol. The van der Waals surface area contributed by atoms with Crippen molar-refractivity contribution in [3.05, 3.63) is 45.3 Å². The van der Waals surface area contributed by atoms with E-state index in [0.717, 1.165) is 64.2 Å². The fourth-order valence-electron chi connectivity index (χ4n) is 4.42. The Morgan fingerprint density at radius 2 is 1.64 bits per heavy atom. The molecule has 36 heavy (non-hydrogen) atoms. The third-order valence-corrected chi connectivity index (χ3v) is 6.51. The Bertz CT molecular complexity index is 895. The van der Waals surface area contributed by atoms with E-state index in [1.807, 2.05) is 0 Å². The molecule has 1 aliphatic rings. The number of aromatic nitrogens is 2. The van der Waals surface area contributed by atoms with Crippen molar-refractivity contribution in [3.63, 3.8) is 0 Å². The summed E-state index contributed by atoms with van der Waals surface area (Å²) in [6.45, 7) is 1.67. The molecule has 0 aromatic carbocycles. The van der Waals surface area contributed by atoms with E-state index in [-0.39, 0.29) is 0 Å². The van der Waals surface area contributed by atoms with E-state index in [9.17, 15) is 24.6 Å². The summed E-state index contributed by atoms with van der Waals surface area (Å²) in [4.78, 5) is 36.5. The maximum atomic E-state index is 12.1. The molecule has 204 valence electrons. The highest BCUT2D eigenvalue weighted by atomic mass is 16.6. The zero-order valence-electron chi connectivity index (χ0n) is 21.6. The molecule has 0 unspecified atom stereocenters. The van der Waals surface area contributed by atoms with Crippen LogP contribution in [0.5, 0.6) is 0 Å². The van der Waals surface area contributed by atoms with Gasteiger partial charge in [-0.2, -0.15) is 0 Å². The van der Waals surface area contributed by atoms with Gasteiger partial charge in [0.2, 0.25) is 0 Å². The molecule has 1 aliphatic heterocycles. The molecule has 0 radical (unpaired) electrons. The van der Waals surface area contributed by atoms with Gasteiger partial charge in [-0.25, -0.2) is 4.79 Å². The van der Waals surface area contributed by atoms with Gasteiger partial charge in [0.1, 0.15) is 24.1 Å². The molecule has 1 fully saturated rings. The zero-order chi connectivity index (χ0) is 26.2. The van der Waals surface area contributed by atoms with E-state index >= 15 is 0 Å². The van der Waals surface area contributed by atoms with E-state index in [1.165, 1.54) is 36.1 Å². The molecule has 0 aliphatic carbocycles. The SMILES string of the molecule is CC(=O)CCCCCCC/C=C\CCCCCCCO[C@H]1[C@@H](O)[C@@H](CO)O[C@H]1n1ccc(=O)[nH]c1=O. The van der Waals surface area contributed by atoms with Crippen LogP contribution in [0.1, 0.15) is 96.6 Å². The number of carbonyl (C=O) groups is 1. The van der Waals surface area contributed by atoms with Crippen LogP contribution in [0.4, 0.5) is 0 Å². The lowest BCUT2D eigenvalue weighted by Crippen LogP contribution is -2.39. The van der Waals surface area contributed by atoms with Gasteiger partial charge in [-0.1, -0.05) is 50.7 Å². The Morgan fingerprint density at radius 1 is 1.03 bits per heavy atom. The first-order valence-electron chi connectivity index (χ1n) is 13.5. The average Bonchev–Trinajstić information content (AvgIpc) is 3.15. The lowest BCUT2D eigenvalue weighted by atomic mass is 10.1. The number of rotatable bonds is 19. The number of hydrogen-bond donors (Lipinski definition) is 3. The van der Waals surface area contributed by atoms with Gasteiger partial charge in [-0.15, -0.1) is 0 Å². The van der Waals surface area contributed by atoms with Crippen molar-refractivity contribution in [2.24, 2.45) is 0 Å². The number of aliphatic hydroxyl groups is 2. The van der Waals surface area contributed by atoms with E-state index in [4.69, 9.17) is 9.47 Å². The van der Waals surface area contributed by atoms with Gasteiger partial charge in [-0.3, -0.25) is 14.3 Å². The number of nitrogens with one attached hydrogen (secondary N) is 1. The van der Waals surface area contributed by atoms with Crippen molar-refractivity contribution in [2.45, 2.75) is 115 Å². The van der Waals surface area contributed by atoms with Gasteiger partial charge in [0, 0.05) is 25.3 Å². The summed E-state index contributed by atoms with van der Waals surface area (Å²) in [5, 5.41) is 19.9. The molecule has 9 nitrogen and oxygen atoms in total. The van der Waals surface area contributed by atoms with Crippen LogP contribution in [0.25, 0.3) is 0 Å². The predicted octanol–water partition coefficient (Wildman–Crippen LogP) is 3.39. The van der Waals surface area contributed by atoms with Crippen molar-refractivity contribution in [1.29, 1.82) is 0 Å². The molecule has 2 rings (SSSR count). The third kappa shape index (κ3) is 10.9. The van der Waals surface area contributed by atoms with Gasteiger partial charge in [-0.05, 0) is 45.4 Å². The van der Waals surface area contributed by atoms with E-state index < -0.39 is 42.4 Å². The number of aliphatic hydroxyl groups excluding tert-OH is 2. The first-order chi connectivity index (χ1) is 17.4. The van der Waals surface area contributed by atoms with Crippen LogP contribution in [0, 0.1) is 0 Å². The zero-order valence-corrected chi connectivity index (χ0v) is 21.6. The second kappa shape index (κ2) is 17.4. The lowest BCUT2D eigenvalue weighted by molar-refractivity contribution is -0.117. The smallest absolute Gasteiger partial charge is 0.330 e. The monoisotopic (exact) mass is 508 g/mol. The van der Waals surface area contributed by atoms with Crippen LogP contribution < -0.4 is 11.2 Å². The highest BCUT2D eigenvalue weighted by molar-refractivity contribution is 5.75. The summed E-state index contributed by atoms with van der Waals surface area (Å²) in [6.07, 6.45) is 16.2. The Labute approximate surface area is 213 Å². The van der Waals surface area contributed by atoms with Crippen molar-refractivity contribution in [3.8, 4) is 0 Å². The Balaban J connectivity index is 1.54. The van der Waals surface area contributed by atoms with Crippen LogP contribution in [0.15, 0.2) is 34.0 Å². The number of hydrogen-bond acceptors (Lipinski definition) is 7. The van der Waals surface area contributed by atoms with Gasteiger partial charge in [0.15, 0.2) is 6.23 Å². The number of Topliss-reactive ketones (excluding diaryl/α,β-unsaturated/α-hetero) is 1. The van der Waals surface area contributed by atoms with Crippen LogP contribution in [-0.2, 0) is 14.3 Å². The van der Waals surface area contributed by atoms with Crippen LogP contribution in [-0.4, -0.2) is 57.1 Å². The van der Waals surface area contributed by atoms with Crippen LogP contribution in [0.3, 0.4) is 0 Å². The number of allylic oxidation sites excluding steroid dienone is 2. The molecule has 1 saturated heterocycles. The normalized spacial score (nSPS) is 22.0. The molecular formula is C27H44N2O7. The molecule has 2 heterocycles. The Hall–Kier alpha value is -2.07. The molecule has 1 aromatic heterocycles. The summed E-state index contributed by atoms with van der Waals surface area (Å²) < 4.78 is 12.7. The predicted molar refractivity (Wildman–Crippen MR) is 138 cm³/mol. The number of nitrogens with zero attached hydrogens (tertiary/aromatic N) is 1. The molecular weight excluding hydrogens is 464 g/mol. The molecule has 0 bridgehead atoms. The largest absolute Gasteiger partial charge is 0.394 e. The van der Waals surface area contributed by atoms with Gasteiger partial charge >= 0.3 is 5.69 Å². The molecule has 0 spiro atoms. The van der Waals surface area contributed by atoms with Crippen molar-refractivity contribution in [2.75, 3.05) is 13.2 Å². The minimum atomic E-state index is -1.07. The summed E-state index contributed by atoms with van der Waals surface area (Å²) in [5.41, 5.74) is -1.17. The molecule has 0 saturated carbocycles. The minimum absolute atomic E-state index is 0.290. The molecule has 9 heteroatoms. The highest BCUT2D eigenvalue weighted by Crippen LogP contribution is 2.30. The van der Waals surface area contributed by atoms with Crippen molar-refractivity contribution in [1.82, 2.24) is 9.55 Å². The summed E-state index contributed by atoms with van der Waals surface area (Å²) in [7, 11) is 0. The first kappa shape index (κ1) is 30.2. The molecule has 0 amide bonds. The number of ketones is 1. The van der Waals surface area contributed by atoms with Crippen LogP contribution in [0.2, 0.25) is 0 Å². The summed E-state index contributed by atoms with van der Waals surface area (Å²) in [5.74, 6) is 0.290. The maximum absolute atomic E-state index is 12.1. The Kier molecular flexibility index (Phi) is 14.6. The van der Waals surface area contributed by atoms with E-state index in [1.54, 1.807) is 6.92 Å². The topological polar surface area (TPSA) is 131 Å². The van der Waals surface area contributed by atoms with Gasteiger partial charge in [0.05, 0.1) is 6.61 Å². The number of carbonyl (C=O) groups excluding carboxylic acids is 1. The Morgan fingerprint density at radius 3 is 2.25 bits per heavy atom. The van der Waals surface area contributed by atoms with E-state index in [2.05, 4.69) is 17.1 Å². The second-order valence-electron chi connectivity index (χ2n) is 9.63. The fraction of sp³-hybridized carbons (Fsp3) is 0.741. The number of unbranched alkanes of at least 4 members (excludes halogenated alkanes) is 10. The molecule has 3 N–H and O–H groups in total. The van der Waals surface area contributed by atoms with Crippen molar-refractivity contribution < 1.29 is 24.5 Å². The van der Waals surface area contributed by atoms with E-state index in [0.29, 0.717) is 12.4 Å². The van der Waals surface area contributed by atoms with Gasteiger partial charge < -0.3 is 24.5 Å². The molecule has 1 aromatic rings. The quantitative estimate of drug-likeness (QED) is 0.193. The number of ether oxygens (including phenoxy) is 2. The number of aromatic amines is 1. The maximum Gasteiger partial charge on any atom is 0.330 e. The standard InChI is InChI=1S/C27H44N2O7/c1-21(31)16-14-12-10-8-6-4-2-3-5-7-9-11-13-15-19-35-25-24(33)22(20-30)36-26(25)29-18-17-23(32)28-27(29)34/h2-3,17-18,22,24-26,30,33H,4-16,19-20H2,1H3,(H,28,32,34)/b3-2-/t22-,24+,25+,26-/m1/s1. The summed E-state index contributed by atoms with van der Waals surface area (Å²) in [6, 6.07) is 1.20. The summed E-state index contributed by atoms with van der Waals surface area (Å²) >= 11 is 0. The van der Waals surface area contributed by atoms with Gasteiger partial charge in [0.25, 0.3) is 5.56 Å². The lowest BCUT2D eigenvalue weighted by Gasteiger charge is -2.22. The third-order valence-electron chi connectivity index (χ3n) is 6.51. The minimum Gasteiger partial charge on any atom is -0.394 e. The fourth-order valence-corrected chi connectivity index (χ4v) is 4.42. The van der Waals surface area contributed by atoms with Crippen LogP contribution >= 0.6 is 0 Å². The highest BCUT2D eigenvalue weighted by Gasteiger charge is 2.45. The second-order valence-corrected chi connectivity index (χ2v) is 9.63. The van der Waals surface area contributed by atoms with Crippen molar-refractivity contribution >= 4 is 5.78 Å². The number of H-pyrrole nitrogens is 1. The first-order valence-corrected chi connectivity index (χ1v) is 13.5.